The van der Waals surface area contributed by atoms with Crippen molar-refractivity contribution in [2.45, 2.75) is 34.1 Å². The summed E-state index contributed by atoms with van der Waals surface area (Å²) in [5.41, 5.74) is 0.0405. The van der Waals surface area contributed by atoms with E-state index in [1.165, 1.54) is 0 Å². The van der Waals surface area contributed by atoms with Crippen molar-refractivity contribution < 1.29 is 8.42 Å². The first-order valence-electron chi connectivity index (χ1n) is 5.00. The average molecular weight is 204 g/mol. The largest absolute Gasteiger partial charge is 0.229 e. The molecular weight excluding hydrogens is 184 g/mol. The van der Waals surface area contributed by atoms with Crippen molar-refractivity contribution in [2.75, 3.05) is 11.5 Å². The van der Waals surface area contributed by atoms with Crippen LogP contribution >= 0.6 is 0 Å². The van der Waals surface area contributed by atoms with E-state index in [2.05, 4.69) is 27.7 Å². The number of hydrogen-bond donors (Lipinski definition) is 0. The molecule has 78 valence electrons. The molecule has 0 aromatic carbocycles. The molecule has 0 N–H and O–H groups in total. The molecule has 0 aromatic heterocycles. The molecular formula is C10H20O2S. The van der Waals surface area contributed by atoms with Crippen molar-refractivity contribution in [3.63, 3.8) is 0 Å². The minimum atomic E-state index is -2.74. The maximum atomic E-state index is 11.5. The number of rotatable bonds is 2. The van der Waals surface area contributed by atoms with Gasteiger partial charge in [-0.1, -0.05) is 27.7 Å². The molecule has 1 heterocycles. The summed E-state index contributed by atoms with van der Waals surface area (Å²) in [6, 6.07) is 0. The molecule has 3 heteroatoms. The maximum Gasteiger partial charge on any atom is 0.150 e. The lowest BCUT2D eigenvalue weighted by molar-refractivity contribution is 0.147. The van der Waals surface area contributed by atoms with Crippen molar-refractivity contribution in [3.8, 4) is 0 Å². The molecule has 1 rings (SSSR count). The van der Waals surface area contributed by atoms with Gasteiger partial charge in [-0.2, -0.15) is 0 Å². The Morgan fingerprint density at radius 2 is 1.54 bits per heavy atom. The molecule has 1 aliphatic heterocycles. The Balaban J connectivity index is 2.97. The fraction of sp³-hybridized carbons (Fsp3) is 1.00. The summed E-state index contributed by atoms with van der Waals surface area (Å²) in [6.07, 6.45) is 0.852. The highest BCUT2D eigenvalue weighted by Crippen LogP contribution is 2.45. The predicted molar refractivity (Wildman–Crippen MR) is 55.4 cm³/mol. The zero-order valence-corrected chi connectivity index (χ0v) is 9.82. The molecule has 0 radical (unpaired) electrons. The second kappa shape index (κ2) is 3.26. The summed E-state index contributed by atoms with van der Waals surface area (Å²) in [7, 11) is -2.74. The lowest BCUT2D eigenvalue weighted by atomic mass is 9.69. The van der Waals surface area contributed by atoms with Gasteiger partial charge in [0.1, 0.15) is 0 Å². The van der Waals surface area contributed by atoms with Crippen molar-refractivity contribution in [3.05, 3.63) is 0 Å². The Bertz CT molecular complexity index is 267. The zero-order valence-electron chi connectivity index (χ0n) is 9.00. The van der Waals surface area contributed by atoms with E-state index in [1.807, 2.05) is 0 Å². The van der Waals surface area contributed by atoms with E-state index >= 15 is 0 Å². The van der Waals surface area contributed by atoms with Crippen molar-refractivity contribution >= 4 is 9.84 Å². The Morgan fingerprint density at radius 3 is 1.69 bits per heavy atom. The van der Waals surface area contributed by atoms with Crippen LogP contribution in [0.5, 0.6) is 0 Å². The quantitative estimate of drug-likeness (QED) is 0.690. The third kappa shape index (κ3) is 1.90. The van der Waals surface area contributed by atoms with Crippen LogP contribution in [-0.2, 0) is 9.84 Å². The molecule has 0 unspecified atom stereocenters. The molecule has 0 amide bonds. The SMILES string of the molecule is CC(C)C1(C(C)C)CCS(=O)(=O)C1. The van der Waals surface area contributed by atoms with Crippen molar-refractivity contribution in [2.24, 2.45) is 17.3 Å². The molecule has 0 bridgehead atoms. The Labute approximate surface area is 81.6 Å². The zero-order chi connectivity index (χ0) is 10.3. The second-order valence-electron chi connectivity index (χ2n) is 4.88. The summed E-state index contributed by atoms with van der Waals surface area (Å²) in [6.45, 7) is 8.56. The predicted octanol–water partition coefficient (Wildman–Crippen LogP) is 2.10. The monoisotopic (exact) mass is 204 g/mol. The molecule has 1 saturated heterocycles. The van der Waals surface area contributed by atoms with Crippen LogP contribution in [0, 0.1) is 17.3 Å². The third-order valence-electron chi connectivity index (χ3n) is 3.67. The minimum absolute atomic E-state index is 0.0405. The Kier molecular flexibility index (Phi) is 2.77. The third-order valence-corrected chi connectivity index (χ3v) is 5.47. The van der Waals surface area contributed by atoms with E-state index in [0.717, 1.165) is 6.42 Å². The van der Waals surface area contributed by atoms with Gasteiger partial charge in [0.05, 0.1) is 11.5 Å². The number of sulfone groups is 1. The lowest BCUT2D eigenvalue weighted by Crippen LogP contribution is -2.34. The summed E-state index contributed by atoms with van der Waals surface area (Å²) < 4.78 is 22.9. The topological polar surface area (TPSA) is 34.1 Å². The van der Waals surface area contributed by atoms with Gasteiger partial charge in [-0.15, -0.1) is 0 Å². The van der Waals surface area contributed by atoms with E-state index in [9.17, 15) is 8.42 Å². The normalized spacial score (nSPS) is 25.7. The highest BCUT2D eigenvalue weighted by Gasteiger charge is 2.46. The van der Waals surface area contributed by atoms with Crippen LogP contribution in [-0.4, -0.2) is 19.9 Å². The summed E-state index contributed by atoms with van der Waals surface area (Å²) in [4.78, 5) is 0. The molecule has 13 heavy (non-hydrogen) atoms. The fourth-order valence-electron chi connectivity index (χ4n) is 2.48. The Morgan fingerprint density at radius 1 is 1.08 bits per heavy atom. The lowest BCUT2D eigenvalue weighted by Gasteiger charge is -2.36. The van der Waals surface area contributed by atoms with Gasteiger partial charge >= 0.3 is 0 Å². The van der Waals surface area contributed by atoms with Gasteiger partial charge < -0.3 is 0 Å². The number of hydrogen-bond acceptors (Lipinski definition) is 2. The van der Waals surface area contributed by atoms with Crippen LogP contribution in [0.3, 0.4) is 0 Å². The van der Waals surface area contributed by atoms with Crippen LogP contribution in [0.1, 0.15) is 34.1 Å². The molecule has 1 fully saturated rings. The standard InChI is InChI=1S/C10H20O2S/c1-8(2)10(9(3)4)5-6-13(11,12)7-10/h8-9H,5-7H2,1-4H3. The molecule has 1 aliphatic rings. The van der Waals surface area contributed by atoms with Crippen molar-refractivity contribution in [1.82, 2.24) is 0 Å². The summed E-state index contributed by atoms with van der Waals surface area (Å²) >= 11 is 0. The fourth-order valence-corrected chi connectivity index (χ4v) is 4.94. The smallest absolute Gasteiger partial charge is 0.150 e. The average Bonchev–Trinajstić information content (AvgIpc) is 2.27. The minimum Gasteiger partial charge on any atom is -0.229 e. The van der Waals surface area contributed by atoms with Crippen LogP contribution in [0.25, 0.3) is 0 Å². The molecule has 0 saturated carbocycles. The van der Waals surface area contributed by atoms with Crippen LogP contribution < -0.4 is 0 Å². The highest BCUT2D eigenvalue weighted by molar-refractivity contribution is 7.91. The van der Waals surface area contributed by atoms with Gasteiger partial charge in [-0.25, -0.2) is 8.42 Å². The van der Waals surface area contributed by atoms with Gasteiger partial charge in [-0.3, -0.25) is 0 Å². The molecule has 0 spiro atoms. The van der Waals surface area contributed by atoms with E-state index < -0.39 is 9.84 Å². The van der Waals surface area contributed by atoms with Gasteiger partial charge in [0.15, 0.2) is 9.84 Å². The molecule has 0 aliphatic carbocycles. The van der Waals surface area contributed by atoms with Gasteiger partial charge in [0.25, 0.3) is 0 Å². The van der Waals surface area contributed by atoms with Crippen molar-refractivity contribution in [1.29, 1.82) is 0 Å². The first-order valence-corrected chi connectivity index (χ1v) is 6.83. The van der Waals surface area contributed by atoms with Gasteiger partial charge in [-0.05, 0) is 23.7 Å². The summed E-state index contributed by atoms with van der Waals surface area (Å²) in [5, 5.41) is 0. The highest BCUT2D eigenvalue weighted by atomic mass is 32.2. The van der Waals surface area contributed by atoms with E-state index in [0.29, 0.717) is 23.3 Å². The molecule has 2 nitrogen and oxygen atoms in total. The summed E-state index contributed by atoms with van der Waals surface area (Å²) in [5.74, 6) is 1.72. The maximum absolute atomic E-state index is 11.5. The second-order valence-corrected chi connectivity index (χ2v) is 7.07. The molecule has 0 aromatic rings. The first kappa shape index (κ1) is 11.0. The van der Waals surface area contributed by atoms with E-state index in [-0.39, 0.29) is 5.41 Å². The van der Waals surface area contributed by atoms with Crippen LogP contribution in [0.2, 0.25) is 0 Å². The van der Waals surface area contributed by atoms with E-state index in [4.69, 9.17) is 0 Å². The van der Waals surface area contributed by atoms with Gasteiger partial charge in [0.2, 0.25) is 0 Å². The first-order chi connectivity index (χ1) is 5.80. The van der Waals surface area contributed by atoms with Crippen LogP contribution in [0.4, 0.5) is 0 Å². The van der Waals surface area contributed by atoms with Gasteiger partial charge in [0, 0.05) is 0 Å². The Hall–Kier alpha value is -0.0500. The molecule has 0 atom stereocenters. The van der Waals surface area contributed by atoms with Crippen LogP contribution in [0.15, 0.2) is 0 Å². The van der Waals surface area contributed by atoms with E-state index in [1.54, 1.807) is 0 Å².